The van der Waals surface area contributed by atoms with Crippen molar-refractivity contribution in [2.75, 3.05) is 32.6 Å². The van der Waals surface area contributed by atoms with Crippen molar-refractivity contribution in [3.8, 4) is 0 Å². The van der Waals surface area contributed by atoms with Crippen molar-refractivity contribution in [2.24, 2.45) is 0 Å². The van der Waals surface area contributed by atoms with E-state index in [1.54, 1.807) is 7.11 Å². The van der Waals surface area contributed by atoms with E-state index in [9.17, 15) is 0 Å². The van der Waals surface area contributed by atoms with Crippen molar-refractivity contribution < 1.29 is 9.47 Å². The van der Waals surface area contributed by atoms with Gasteiger partial charge < -0.3 is 14.8 Å². The quantitative estimate of drug-likeness (QED) is 0.589. The zero-order chi connectivity index (χ0) is 14.2. The molecule has 1 aromatic heterocycles. The lowest BCUT2D eigenvalue weighted by atomic mass is 10.2. The van der Waals surface area contributed by atoms with E-state index < -0.39 is 0 Å². The summed E-state index contributed by atoms with van der Waals surface area (Å²) in [6.07, 6.45) is 4.76. The van der Waals surface area contributed by atoms with Crippen LogP contribution in [0, 0.1) is 6.92 Å². The molecule has 0 aromatic carbocycles. The topological polar surface area (TPSA) is 43.4 Å². The normalized spacial score (nSPS) is 18.6. The minimum absolute atomic E-state index is 0.414. The molecule has 112 valence electrons. The zero-order valence-electron chi connectivity index (χ0n) is 12.4. The molecule has 4 nitrogen and oxygen atoms in total. The van der Waals surface area contributed by atoms with E-state index in [2.05, 4.69) is 23.3 Å². The maximum atomic E-state index is 5.64. The maximum absolute atomic E-state index is 5.64. The molecule has 1 aliphatic rings. The highest BCUT2D eigenvalue weighted by Gasteiger charge is 2.16. The van der Waals surface area contributed by atoms with Crippen LogP contribution in [0.15, 0.2) is 17.3 Å². The predicted octanol–water partition coefficient (Wildman–Crippen LogP) is 2.40. The third-order valence-corrected chi connectivity index (χ3v) is 4.57. The molecule has 0 saturated carbocycles. The first-order chi connectivity index (χ1) is 9.79. The molecule has 0 bridgehead atoms. The molecule has 20 heavy (non-hydrogen) atoms. The summed E-state index contributed by atoms with van der Waals surface area (Å²) in [6.45, 7) is 5.49. The van der Waals surface area contributed by atoms with Crippen LogP contribution in [0.3, 0.4) is 0 Å². The Morgan fingerprint density at radius 3 is 3.15 bits per heavy atom. The molecule has 1 unspecified atom stereocenters. The average Bonchev–Trinajstić information content (AvgIpc) is 2.96. The fourth-order valence-electron chi connectivity index (χ4n) is 2.22. The Bertz CT molecular complexity index is 409. The number of aryl methyl sites for hydroxylation is 1. The van der Waals surface area contributed by atoms with E-state index in [0.717, 1.165) is 37.1 Å². The van der Waals surface area contributed by atoms with Gasteiger partial charge in [-0.15, -0.1) is 11.8 Å². The van der Waals surface area contributed by atoms with Gasteiger partial charge in [0.15, 0.2) is 0 Å². The molecule has 5 heteroatoms. The number of nitrogens with one attached hydrogen (secondary N) is 1. The second kappa shape index (κ2) is 8.62. The first-order valence-electron chi connectivity index (χ1n) is 7.19. The second-order valence-corrected chi connectivity index (χ2v) is 6.09. The smallest absolute Gasteiger partial charge is 0.0990 e. The third kappa shape index (κ3) is 5.05. The van der Waals surface area contributed by atoms with E-state index in [4.69, 9.17) is 9.47 Å². The molecule has 1 fully saturated rings. The van der Waals surface area contributed by atoms with Gasteiger partial charge in [-0.1, -0.05) is 6.07 Å². The molecule has 1 atom stereocenters. The average molecular weight is 296 g/mol. The van der Waals surface area contributed by atoms with Crippen LogP contribution in [0.25, 0.3) is 0 Å². The Balaban J connectivity index is 1.78. The van der Waals surface area contributed by atoms with E-state index >= 15 is 0 Å². The van der Waals surface area contributed by atoms with Gasteiger partial charge in [0.2, 0.25) is 0 Å². The number of pyridine rings is 1. The number of thioether (sulfide) groups is 1. The Kier molecular flexibility index (Phi) is 6.79. The Morgan fingerprint density at radius 2 is 2.45 bits per heavy atom. The molecular formula is C15H24N2O2S. The van der Waals surface area contributed by atoms with Gasteiger partial charge in [0.05, 0.1) is 17.7 Å². The first-order valence-corrected chi connectivity index (χ1v) is 8.17. The van der Waals surface area contributed by atoms with Gasteiger partial charge in [0.1, 0.15) is 0 Å². The predicted molar refractivity (Wildman–Crippen MR) is 82.3 cm³/mol. The largest absolute Gasteiger partial charge is 0.383 e. The van der Waals surface area contributed by atoms with Crippen molar-refractivity contribution in [3.63, 3.8) is 0 Å². The molecule has 0 amide bonds. The molecule has 0 spiro atoms. The van der Waals surface area contributed by atoms with Gasteiger partial charge in [-0.25, -0.2) is 4.98 Å². The fraction of sp³-hybridized carbons (Fsp3) is 0.667. The van der Waals surface area contributed by atoms with Crippen LogP contribution in [-0.2, 0) is 16.0 Å². The third-order valence-electron chi connectivity index (χ3n) is 3.33. The lowest BCUT2D eigenvalue weighted by molar-refractivity contribution is 0.129. The Labute approximate surface area is 125 Å². The summed E-state index contributed by atoms with van der Waals surface area (Å²) >= 11 is 1.81. The van der Waals surface area contributed by atoms with E-state index in [-0.39, 0.29) is 0 Å². The maximum Gasteiger partial charge on any atom is 0.0990 e. The van der Waals surface area contributed by atoms with Crippen molar-refractivity contribution in [3.05, 3.63) is 23.4 Å². The van der Waals surface area contributed by atoms with E-state index in [1.165, 1.54) is 24.0 Å². The summed E-state index contributed by atoms with van der Waals surface area (Å²) in [6, 6.07) is 2.21. The van der Waals surface area contributed by atoms with E-state index in [1.807, 2.05) is 18.0 Å². The van der Waals surface area contributed by atoms with Gasteiger partial charge in [-0.3, -0.25) is 0 Å². The summed E-state index contributed by atoms with van der Waals surface area (Å²) in [5, 5.41) is 4.46. The number of hydrogen-bond donors (Lipinski definition) is 1. The molecule has 1 saturated heterocycles. The van der Waals surface area contributed by atoms with Crippen LogP contribution < -0.4 is 5.32 Å². The first kappa shape index (κ1) is 15.8. The summed E-state index contributed by atoms with van der Waals surface area (Å²) in [5.74, 6) is 1.01. The molecule has 0 aliphatic carbocycles. The summed E-state index contributed by atoms with van der Waals surface area (Å²) < 4.78 is 10.7. The van der Waals surface area contributed by atoms with Gasteiger partial charge in [-0.2, -0.15) is 0 Å². The SMILES string of the molecule is COCCNCc1cnc(SCC2CCCO2)c(C)c1. The minimum Gasteiger partial charge on any atom is -0.383 e. The van der Waals surface area contributed by atoms with Crippen molar-refractivity contribution in [1.29, 1.82) is 0 Å². The molecule has 1 aliphatic heterocycles. The minimum atomic E-state index is 0.414. The fourth-order valence-corrected chi connectivity index (χ4v) is 3.24. The highest BCUT2D eigenvalue weighted by molar-refractivity contribution is 7.99. The summed E-state index contributed by atoms with van der Waals surface area (Å²) in [5.41, 5.74) is 2.47. The Morgan fingerprint density at radius 1 is 1.55 bits per heavy atom. The number of hydrogen-bond acceptors (Lipinski definition) is 5. The molecule has 2 rings (SSSR count). The number of ether oxygens (including phenoxy) is 2. The molecular weight excluding hydrogens is 272 g/mol. The van der Waals surface area contributed by atoms with Crippen molar-refractivity contribution in [1.82, 2.24) is 10.3 Å². The van der Waals surface area contributed by atoms with Crippen LogP contribution in [0.2, 0.25) is 0 Å². The van der Waals surface area contributed by atoms with Gasteiger partial charge in [0, 0.05) is 38.8 Å². The molecule has 2 heterocycles. The number of methoxy groups -OCH3 is 1. The van der Waals surface area contributed by atoms with Gasteiger partial charge in [-0.05, 0) is 30.9 Å². The number of rotatable bonds is 8. The van der Waals surface area contributed by atoms with Gasteiger partial charge in [0.25, 0.3) is 0 Å². The molecule has 0 radical (unpaired) electrons. The summed E-state index contributed by atoms with van der Waals surface area (Å²) in [4.78, 5) is 4.57. The van der Waals surface area contributed by atoms with E-state index in [0.29, 0.717) is 6.10 Å². The lowest BCUT2D eigenvalue weighted by Gasteiger charge is -2.11. The van der Waals surface area contributed by atoms with Gasteiger partial charge >= 0.3 is 0 Å². The summed E-state index contributed by atoms with van der Waals surface area (Å²) in [7, 11) is 1.72. The van der Waals surface area contributed by atoms with Crippen molar-refractivity contribution >= 4 is 11.8 Å². The van der Waals surface area contributed by atoms with Crippen LogP contribution in [0.5, 0.6) is 0 Å². The lowest BCUT2D eigenvalue weighted by Crippen LogP contribution is -2.18. The monoisotopic (exact) mass is 296 g/mol. The molecule has 1 N–H and O–H groups in total. The van der Waals surface area contributed by atoms with Crippen LogP contribution in [-0.4, -0.2) is 43.7 Å². The Hall–Kier alpha value is -0.620. The highest BCUT2D eigenvalue weighted by atomic mass is 32.2. The highest BCUT2D eigenvalue weighted by Crippen LogP contribution is 2.25. The molecule has 1 aromatic rings. The van der Waals surface area contributed by atoms with Crippen LogP contribution >= 0.6 is 11.8 Å². The van der Waals surface area contributed by atoms with Crippen molar-refractivity contribution in [2.45, 2.75) is 37.4 Å². The number of nitrogens with zero attached hydrogens (tertiary/aromatic N) is 1. The zero-order valence-corrected chi connectivity index (χ0v) is 13.2. The van der Waals surface area contributed by atoms with Crippen LogP contribution in [0.4, 0.5) is 0 Å². The van der Waals surface area contributed by atoms with Crippen LogP contribution in [0.1, 0.15) is 24.0 Å². The standard InChI is InChI=1S/C15H24N2O2S/c1-12-8-13(9-16-5-7-18-2)10-17-15(12)20-11-14-4-3-6-19-14/h8,10,14,16H,3-7,9,11H2,1-2H3. The number of aromatic nitrogens is 1. The second-order valence-electron chi connectivity index (χ2n) is 5.08.